The van der Waals surface area contributed by atoms with Crippen molar-refractivity contribution in [2.24, 2.45) is 0 Å². The van der Waals surface area contributed by atoms with Gasteiger partial charge in [0.1, 0.15) is 11.2 Å². The Labute approximate surface area is 90.2 Å². The largest absolute Gasteiger partial charge is 0.489 e. The lowest BCUT2D eigenvalue weighted by atomic mass is 10.3. The summed E-state index contributed by atoms with van der Waals surface area (Å²) in [5.74, 6) is 0.590. The number of nitrogens with one attached hydrogen (secondary N) is 1. The van der Waals surface area contributed by atoms with Gasteiger partial charge in [0.05, 0.1) is 11.8 Å². The van der Waals surface area contributed by atoms with E-state index in [1.54, 1.807) is 12.3 Å². The molecule has 0 saturated carbocycles. The number of nitrogens with zero attached hydrogens (tertiary/aromatic N) is 1. The van der Waals surface area contributed by atoms with E-state index in [0.29, 0.717) is 16.9 Å². The summed E-state index contributed by atoms with van der Waals surface area (Å²) >= 11 is 0. The van der Waals surface area contributed by atoms with E-state index in [9.17, 15) is 0 Å². The number of nitrogens with two attached hydrogens (primary N) is 1. The van der Waals surface area contributed by atoms with E-state index >= 15 is 0 Å². The van der Waals surface area contributed by atoms with Crippen molar-refractivity contribution in [2.45, 2.75) is 39.8 Å². The lowest BCUT2D eigenvalue weighted by Gasteiger charge is -2.16. The monoisotopic (exact) mass is 209 g/mol. The van der Waals surface area contributed by atoms with Gasteiger partial charge in [-0.15, -0.1) is 0 Å². The normalized spacial score (nSPS) is 11.1. The molecule has 0 unspecified atom stereocenters. The molecule has 1 rings (SSSR count). The summed E-state index contributed by atoms with van der Waals surface area (Å²) in [7, 11) is 0. The summed E-state index contributed by atoms with van der Waals surface area (Å²) in [5.41, 5.74) is 6.84. The number of pyridine rings is 1. The predicted molar refractivity (Wildman–Crippen MR) is 60.8 cm³/mol. The minimum atomic E-state index is 0.0709. The van der Waals surface area contributed by atoms with Crippen LogP contribution in [0.3, 0.4) is 0 Å². The summed E-state index contributed by atoms with van der Waals surface area (Å²) in [6, 6.07) is 1.89. The van der Waals surface area contributed by atoms with Crippen molar-refractivity contribution in [1.82, 2.24) is 4.57 Å². The van der Waals surface area contributed by atoms with Gasteiger partial charge in [0.15, 0.2) is 0 Å². The number of aromatic nitrogens is 1. The fourth-order valence-corrected chi connectivity index (χ4v) is 1.35. The molecule has 1 aromatic rings. The third kappa shape index (κ3) is 2.75. The third-order valence-electron chi connectivity index (χ3n) is 2.03. The van der Waals surface area contributed by atoms with Crippen LogP contribution in [0, 0.1) is 5.41 Å². The molecule has 0 amide bonds. The molecule has 0 atom stereocenters. The Kier molecular flexibility index (Phi) is 3.39. The lowest BCUT2D eigenvalue weighted by Crippen LogP contribution is -2.22. The van der Waals surface area contributed by atoms with Crippen LogP contribution < -0.4 is 16.0 Å². The quantitative estimate of drug-likeness (QED) is 0.798. The number of ether oxygens (including phenoxy) is 1. The van der Waals surface area contributed by atoms with Gasteiger partial charge in [0.25, 0.3) is 0 Å². The van der Waals surface area contributed by atoms with Crippen LogP contribution in [0.2, 0.25) is 0 Å². The van der Waals surface area contributed by atoms with Crippen LogP contribution in [0.4, 0.5) is 5.69 Å². The lowest BCUT2D eigenvalue weighted by molar-refractivity contribution is 0.242. The van der Waals surface area contributed by atoms with E-state index in [0.717, 1.165) is 0 Å². The van der Waals surface area contributed by atoms with Crippen molar-refractivity contribution < 1.29 is 4.74 Å². The van der Waals surface area contributed by atoms with Crippen LogP contribution in [0.25, 0.3) is 0 Å². The fraction of sp³-hybridized carbons (Fsp3) is 0.545. The smallest absolute Gasteiger partial charge is 0.147 e. The summed E-state index contributed by atoms with van der Waals surface area (Å²) in [6.45, 7) is 7.90. The van der Waals surface area contributed by atoms with Crippen LogP contribution in [-0.4, -0.2) is 10.7 Å². The van der Waals surface area contributed by atoms with Gasteiger partial charge in [-0.25, -0.2) is 0 Å². The Morgan fingerprint density at radius 3 is 2.40 bits per heavy atom. The minimum absolute atomic E-state index is 0.0709. The van der Waals surface area contributed by atoms with Crippen LogP contribution in [0.5, 0.6) is 5.75 Å². The molecule has 0 aliphatic carbocycles. The zero-order valence-corrected chi connectivity index (χ0v) is 9.74. The zero-order chi connectivity index (χ0) is 11.6. The number of nitrogen functional groups attached to an aromatic ring is 1. The second kappa shape index (κ2) is 4.38. The van der Waals surface area contributed by atoms with Gasteiger partial charge >= 0.3 is 0 Å². The Balaban J connectivity index is 3.14. The van der Waals surface area contributed by atoms with Crippen LogP contribution >= 0.6 is 0 Å². The number of hydrogen-bond donors (Lipinski definition) is 2. The third-order valence-corrected chi connectivity index (χ3v) is 2.03. The maximum atomic E-state index is 7.81. The molecule has 0 spiro atoms. The topological polar surface area (TPSA) is 64.0 Å². The van der Waals surface area contributed by atoms with Crippen LogP contribution in [0.1, 0.15) is 33.7 Å². The Bertz CT molecular complexity index is 393. The molecule has 1 aromatic heterocycles. The maximum absolute atomic E-state index is 7.81. The first-order chi connectivity index (χ1) is 6.91. The molecule has 0 bridgehead atoms. The highest BCUT2D eigenvalue weighted by Crippen LogP contribution is 2.20. The van der Waals surface area contributed by atoms with Crippen molar-refractivity contribution >= 4 is 5.69 Å². The molecule has 4 nitrogen and oxygen atoms in total. The Hall–Kier alpha value is -1.45. The van der Waals surface area contributed by atoms with Crippen LogP contribution in [0.15, 0.2) is 12.3 Å². The maximum Gasteiger partial charge on any atom is 0.147 e. The molecular weight excluding hydrogens is 190 g/mol. The molecule has 0 fully saturated rings. The van der Waals surface area contributed by atoms with Gasteiger partial charge in [-0.1, -0.05) is 0 Å². The van der Waals surface area contributed by atoms with E-state index in [4.69, 9.17) is 15.9 Å². The average Bonchev–Trinajstić information content (AvgIpc) is 2.09. The molecule has 0 radical (unpaired) electrons. The molecular formula is C11H19N3O. The molecule has 0 aliphatic rings. The highest BCUT2D eigenvalue weighted by molar-refractivity contribution is 5.50. The molecule has 3 N–H and O–H groups in total. The van der Waals surface area contributed by atoms with Crippen LogP contribution in [-0.2, 0) is 0 Å². The standard InChI is InChI=1S/C11H19N3O/c1-7(2)14-6-9(12)10(5-11(14)13)15-8(3)4/h5-8,13H,12H2,1-4H3. The molecule has 0 aromatic carbocycles. The van der Waals surface area contributed by atoms with Gasteiger partial charge in [-0.2, -0.15) is 0 Å². The minimum Gasteiger partial charge on any atom is -0.489 e. The summed E-state index contributed by atoms with van der Waals surface area (Å²) in [4.78, 5) is 0. The molecule has 84 valence electrons. The number of hydrogen-bond acceptors (Lipinski definition) is 3. The van der Waals surface area contributed by atoms with Crippen molar-refractivity contribution in [3.05, 3.63) is 17.8 Å². The van der Waals surface area contributed by atoms with Gasteiger partial charge < -0.3 is 15.0 Å². The van der Waals surface area contributed by atoms with Gasteiger partial charge in [-0.3, -0.25) is 5.41 Å². The Morgan fingerprint density at radius 2 is 1.93 bits per heavy atom. The summed E-state index contributed by atoms with van der Waals surface area (Å²) < 4.78 is 7.31. The predicted octanol–water partition coefficient (Wildman–Crippen LogP) is 1.92. The second-order valence-corrected chi connectivity index (χ2v) is 4.15. The molecule has 4 heteroatoms. The van der Waals surface area contributed by atoms with E-state index in [1.807, 2.05) is 32.3 Å². The molecule has 15 heavy (non-hydrogen) atoms. The van der Waals surface area contributed by atoms with E-state index in [-0.39, 0.29) is 12.1 Å². The highest BCUT2D eigenvalue weighted by atomic mass is 16.5. The second-order valence-electron chi connectivity index (χ2n) is 4.15. The number of rotatable bonds is 3. The zero-order valence-electron chi connectivity index (χ0n) is 9.74. The first kappa shape index (κ1) is 11.6. The first-order valence-corrected chi connectivity index (χ1v) is 5.14. The Morgan fingerprint density at radius 1 is 1.33 bits per heavy atom. The SMILES string of the molecule is CC(C)Oc1cc(=N)n(C(C)C)cc1N. The summed E-state index contributed by atoms with van der Waals surface area (Å²) in [6.07, 6.45) is 1.83. The molecule has 0 aliphatic heterocycles. The van der Waals surface area contributed by atoms with Crippen molar-refractivity contribution in [2.75, 3.05) is 5.73 Å². The average molecular weight is 209 g/mol. The van der Waals surface area contributed by atoms with Gasteiger partial charge in [-0.05, 0) is 27.7 Å². The van der Waals surface area contributed by atoms with E-state index in [2.05, 4.69) is 0 Å². The first-order valence-electron chi connectivity index (χ1n) is 5.14. The van der Waals surface area contributed by atoms with Crippen molar-refractivity contribution in [3.63, 3.8) is 0 Å². The van der Waals surface area contributed by atoms with Gasteiger partial charge in [0.2, 0.25) is 0 Å². The number of anilines is 1. The van der Waals surface area contributed by atoms with E-state index < -0.39 is 0 Å². The van der Waals surface area contributed by atoms with E-state index in [1.165, 1.54) is 0 Å². The highest BCUT2D eigenvalue weighted by Gasteiger charge is 2.06. The van der Waals surface area contributed by atoms with Gasteiger partial charge in [0, 0.05) is 18.3 Å². The van der Waals surface area contributed by atoms with Crippen molar-refractivity contribution in [3.8, 4) is 5.75 Å². The summed E-state index contributed by atoms with van der Waals surface area (Å²) in [5, 5.41) is 7.81. The molecule has 1 heterocycles. The van der Waals surface area contributed by atoms with Crippen molar-refractivity contribution in [1.29, 1.82) is 5.41 Å². The fourth-order valence-electron chi connectivity index (χ4n) is 1.35. The molecule has 0 saturated heterocycles.